The molecule has 1 aliphatic heterocycles. The topological polar surface area (TPSA) is 68.5 Å². The number of methoxy groups -OCH3 is 1. The zero-order valence-electron chi connectivity index (χ0n) is 15.9. The highest BCUT2D eigenvalue weighted by Gasteiger charge is 2.32. The molecule has 6 heteroatoms. The number of hydrogen-bond donors (Lipinski definition) is 0. The molecular formula is C21H27N3O3. The Morgan fingerprint density at radius 3 is 2.63 bits per heavy atom. The number of amides is 1. The summed E-state index contributed by atoms with van der Waals surface area (Å²) in [5.41, 5.74) is 0.900. The fourth-order valence-electron chi connectivity index (χ4n) is 4.24. The molecule has 1 amide bonds. The predicted octanol–water partition coefficient (Wildman–Crippen LogP) is 4.03. The summed E-state index contributed by atoms with van der Waals surface area (Å²) in [5.74, 6) is 2.70. The van der Waals surface area contributed by atoms with Gasteiger partial charge in [-0.3, -0.25) is 4.79 Å². The first-order chi connectivity index (χ1) is 13.2. The van der Waals surface area contributed by atoms with Crippen molar-refractivity contribution in [2.24, 2.45) is 5.92 Å². The van der Waals surface area contributed by atoms with Crippen molar-refractivity contribution in [2.45, 2.75) is 50.9 Å². The van der Waals surface area contributed by atoms with Crippen LogP contribution in [-0.4, -0.2) is 41.1 Å². The number of rotatable bonds is 4. The lowest BCUT2D eigenvalue weighted by Gasteiger charge is -2.34. The van der Waals surface area contributed by atoms with Crippen LogP contribution in [0.5, 0.6) is 5.75 Å². The zero-order valence-corrected chi connectivity index (χ0v) is 15.9. The highest BCUT2D eigenvalue weighted by Crippen LogP contribution is 2.31. The van der Waals surface area contributed by atoms with Gasteiger partial charge in [0.05, 0.1) is 13.0 Å². The summed E-state index contributed by atoms with van der Waals surface area (Å²) < 4.78 is 10.7. The molecule has 1 saturated heterocycles. The Balaban J connectivity index is 1.43. The van der Waals surface area contributed by atoms with Crippen LogP contribution < -0.4 is 4.74 Å². The van der Waals surface area contributed by atoms with E-state index in [9.17, 15) is 4.79 Å². The second kappa shape index (κ2) is 8.11. The lowest BCUT2D eigenvalue weighted by molar-refractivity contribution is -0.137. The van der Waals surface area contributed by atoms with Crippen LogP contribution in [0, 0.1) is 5.92 Å². The van der Waals surface area contributed by atoms with E-state index in [0.717, 1.165) is 43.5 Å². The average molecular weight is 369 g/mol. The van der Waals surface area contributed by atoms with Crippen molar-refractivity contribution in [3.05, 3.63) is 30.2 Å². The van der Waals surface area contributed by atoms with Crippen LogP contribution in [0.2, 0.25) is 0 Å². The smallest absolute Gasteiger partial charge is 0.231 e. The lowest BCUT2D eigenvalue weighted by atomic mass is 9.87. The number of aromatic nitrogens is 2. The van der Waals surface area contributed by atoms with Crippen molar-refractivity contribution in [1.29, 1.82) is 0 Å². The van der Waals surface area contributed by atoms with E-state index in [1.165, 1.54) is 19.3 Å². The SMILES string of the molecule is COc1ccc(-c2noc(C3CCCN(C(=O)C4CCCCC4)C3)n2)cc1. The minimum absolute atomic E-state index is 0.130. The average Bonchev–Trinajstić information content (AvgIpc) is 3.24. The molecule has 1 saturated carbocycles. The normalized spacial score (nSPS) is 21.2. The van der Waals surface area contributed by atoms with Crippen molar-refractivity contribution < 1.29 is 14.1 Å². The van der Waals surface area contributed by atoms with Gasteiger partial charge in [0.2, 0.25) is 17.6 Å². The van der Waals surface area contributed by atoms with Gasteiger partial charge < -0.3 is 14.2 Å². The second-order valence-electron chi connectivity index (χ2n) is 7.64. The van der Waals surface area contributed by atoms with E-state index < -0.39 is 0 Å². The maximum Gasteiger partial charge on any atom is 0.231 e. The molecule has 0 N–H and O–H groups in total. The van der Waals surface area contributed by atoms with Crippen molar-refractivity contribution in [1.82, 2.24) is 15.0 Å². The van der Waals surface area contributed by atoms with E-state index in [-0.39, 0.29) is 11.8 Å². The van der Waals surface area contributed by atoms with E-state index in [2.05, 4.69) is 10.1 Å². The Labute approximate surface area is 159 Å². The summed E-state index contributed by atoms with van der Waals surface area (Å²) in [7, 11) is 1.64. The molecule has 2 heterocycles. The molecule has 2 fully saturated rings. The number of hydrogen-bond acceptors (Lipinski definition) is 5. The van der Waals surface area contributed by atoms with E-state index in [0.29, 0.717) is 24.2 Å². The molecule has 0 radical (unpaired) electrons. The molecule has 27 heavy (non-hydrogen) atoms. The molecule has 1 unspecified atom stereocenters. The molecule has 0 bridgehead atoms. The summed E-state index contributed by atoms with van der Waals surface area (Å²) in [5, 5.41) is 4.15. The molecule has 0 spiro atoms. The monoisotopic (exact) mass is 369 g/mol. The number of ether oxygens (including phenoxy) is 1. The van der Waals surface area contributed by atoms with Gasteiger partial charge in [0.25, 0.3) is 0 Å². The number of nitrogens with zero attached hydrogens (tertiary/aromatic N) is 3. The summed E-state index contributed by atoms with van der Waals surface area (Å²) in [6.07, 6.45) is 7.69. The van der Waals surface area contributed by atoms with E-state index >= 15 is 0 Å². The molecule has 2 aromatic rings. The van der Waals surface area contributed by atoms with Crippen LogP contribution in [0.15, 0.2) is 28.8 Å². The van der Waals surface area contributed by atoms with Crippen LogP contribution in [0.25, 0.3) is 11.4 Å². The largest absolute Gasteiger partial charge is 0.497 e. The van der Waals surface area contributed by atoms with Gasteiger partial charge in [-0.15, -0.1) is 0 Å². The van der Waals surface area contributed by atoms with Gasteiger partial charge >= 0.3 is 0 Å². The van der Waals surface area contributed by atoms with Crippen molar-refractivity contribution >= 4 is 5.91 Å². The predicted molar refractivity (Wildman–Crippen MR) is 101 cm³/mol. The van der Waals surface area contributed by atoms with Gasteiger partial charge in [-0.1, -0.05) is 24.4 Å². The molecule has 1 aromatic carbocycles. The van der Waals surface area contributed by atoms with Gasteiger partial charge in [0.1, 0.15) is 5.75 Å². The minimum atomic E-state index is 0.130. The van der Waals surface area contributed by atoms with Crippen LogP contribution in [0.3, 0.4) is 0 Å². The fourth-order valence-corrected chi connectivity index (χ4v) is 4.24. The number of piperidine rings is 1. The molecule has 2 aliphatic rings. The summed E-state index contributed by atoms with van der Waals surface area (Å²) in [6, 6.07) is 7.62. The van der Waals surface area contributed by atoms with Crippen LogP contribution in [-0.2, 0) is 4.79 Å². The quantitative estimate of drug-likeness (QED) is 0.814. The maximum absolute atomic E-state index is 12.9. The Morgan fingerprint density at radius 2 is 1.89 bits per heavy atom. The van der Waals surface area contributed by atoms with Gasteiger partial charge in [-0.25, -0.2) is 0 Å². The summed E-state index contributed by atoms with van der Waals surface area (Å²) >= 11 is 0. The third kappa shape index (κ3) is 3.99. The Kier molecular flexibility index (Phi) is 5.41. The van der Waals surface area contributed by atoms with Crippen LogP contribution in [0.1, 0.15) is 56.8 Å². The van der Waals surface area contributed by atoms with E-state index in [4.69, 9.17) is 9.26 Å². The summed E-state index contributed by atoms with van der Waals surface area (Å²) in [6.45, 7) is 1.55. The van der Waals surface area contributed by atoms with E-state index in [1.807, 2.05) is 29.2 Å². The van der Waals surface area contributed by atoms with Crippen LogP contribution >= 0.6 is 0 Å². The molecular weight excluding hydrogens is 342 g/mol. The third-order valence-electron chi connectivity index (χ3n) is 5.83. The number of benzene rings is 1. The summed E-state index contributed by atoms with van der Waals surface area (Å²) in [4.78, 5) is 19.5. The Bertz CT molecular complexity index is 765. The zero-order chi connectivity index (χ0) is 18.6. The van der Waals surface area contributed by atoms with Crippen LogP contribution in [0.4, 0.5) is 0 Å². The molecule has 1 aliphatic carbocycles. The second-order valence-corrected chi connectivity index (χ2v) is 7.64. The maximum atomic E-state index is 12.9. The molecule has 1 aromatic heterocycles. The van der Waals surface area contributed by atoms with E-state index in [1.54, 1.807) is 7.11 Å². The third-order valence-corrected chi connectivity index (χ3v) is 5.83. The Morgan fingerprint density at radius 1 is 1.11 bits per heavy atom. The number of carbonyl (C=O) groups is 1. The standard InChI is InChI=1S/C21H27N3O3/c1-26-18-11-9-15(10-12-18)19-22-20(27-23-19)17-8-5-13-24(14-17)21(25)16-6-3-2-4-7-16/h9-12,16-17H,2-8,13-14H2,1H3. The fraction of sp³-hybridized carbons (Fsp3) is 0.571. The molecule has 6 nitrogen and oxygen atoms in total. The highest BCUT2D eigenvalue weighted by molar-refractivity contribution is 5.79. The number of carbonyl (C=O) groups excluding carboxylic acids is 1. The van der Waals surface area contributed by atoms with Crippen molar-refractivity contribution in [3.63, 3.8) is 0 Å². The number of likely N-dealkylation sites (tertiary alicyclic amines) is 1. The van der Waals surface area contributed by atoms with Gasteiger partial charge in [-0.2, -0.15) is 4.98 Å². The van der Waals surface area contributed by atoms with Crippen molar-refractivity contribution in [3.8, 4) is 17.1 Å². The Hall–Kier alpha value is -2.37. The first-order valence-corrected chi connectivity index (χ1v) is 10.0. The minimum Gasteiger partial charge on any atom is -0.497 e. The molecule has 144 valence electrons. The first kappa shape index (κ1) is 18.0. The lowest BCUT2D eigenvalue weighted by Crippen LogP contribution is -2.42. The first-order valence-electron chi connectivity index (χ1n) is 10.0. The molecule has 4 rings (SSSR count). The highest BCUT2D eigenvalue weighted by atomic mass is 16.5. The van der Waals surface area contributed by atoms with Gasteiger partial charge in [0.15, 0.2) is 0 Å². The van der Waals surface area contributed by atoms with Crippen molar-refractivity contribution in [2.75, 3.05) is 20.2 Å². The van der Waals surface area contributed by atoms with Gasteiger partial charge in [0, 0.05) is 24.6 Å². The molecule has 1 atom stereocenters. The van der Waals surface area contributed by atoms with Gasteiger partial charge in [-0.05, 0) is 49.9 Å².